The van der Waals surface area contributed by atoms with Crippen LogP contribution >= 0.6 is 0 Å². The summed E-state index contributed by atoms with van der Waals surface area (Å²) >= 11 is 0. The molecule has 0 spiro atoms. The standard InChI is InChI=1S/C30H52O4/c1-25(2,33)13-9-14-30(8,34)19-10-16-29(7)24(19)20(31)18-22-27(5)15-12-23(32)26(3,4)21(27)11-17-28(22,29)6/h9,13,19-24,31-34H,10-12,14-18H2,1-8H3/b13-9+/t19?,20-,21?,22?,23-,24?,27+,28-,29-,30?/m1/s1. The molecule has 4 saturated carbocycles. The molecule has 4 N–H and O–H groups in total. The van der Waals surface area contributed by atoms with E-state index in [0.29, 0.717) is 18.3 Å². The first-order chi connectivity index (χ1) is 15.4. The average Bonchev–Trinajstić information content (AvgIpc) is 3.07. The normalized spacial score (nSPS) is 50.4. The fraction of sp³-hybridized carbons (Fsp3) is 0.933. The summed E-state index contributed by atoms with van der Waals surface area (Å²) in [5.74, 6) is 1.04. The molecular weight excluding hydrogens is 424 g/mol. The maximum atomic E-state index is 11.8. The van der Waals surface area contributed by atoms with E-state index in [1.165, 1.54) is 0 Å². The Morgan fingerprint density at radius 3 is 2.06 bits per heavy atom. The zero-order valence-corrected chi connectivity index (χ0v) is 23.1. The molecule has 4 nitrogen and oxygen atoms in total. The van der Waals surface area contributed by atoms with Crippen molar-refractivity contribution in [1.82, 2.24) is 0 Å². The predicted octanol–water partition coefficient (Wildman–Crippen LogP) is 5.47. The van der Waals surface area contributed by atoms with Crippen LogP contribution in [0, 0.1) is 45.3 Å². The average molecular weight is 477 g/mol. The van der Waals surface area contributed by atoms with E-state index in [-0.39, 0.29) is 39.6 Å². The lowest BCUT2D eigenvalue weighted by Crippen LogP contribution is -2.66. The van der Waals surface area contributed by atoms with Crippen molar-refractivity contribution in [2.75, 3.05) is 0 Å². The SMILES string of the molecule is CC(C)(O)/C=C/CC(C)(O)C1CC[C@]2(C)C1[C@H](O)CC1[C@@]3(C)CC[C@@H](O)C(C)(C)C3CC[C@]12C. The van der Waals surface area contributed by atoms with Crippen molar-refractivity contribution in [2.24, 2.45) is 45.3 Å². The van der Waals surface area contributed by atoms with Gasteiger partial charge in [-0.3, -0.25) is 0 Å². The zero-order chi connectivity index (χ0) is 25.5. The highest BCUT2D eigenvalue weighted by Gasteiger charge is 2.71. The second kappa shape index (κ2) is 8.04. The van der Waals surface area contributed by atoms with E-state index < -0.39 is 17.3 Å². The minimum atomic E-state index is -0.910. The van der Waals surface area contributed by atoms with Crippen molar-refractivity contribution >= 4 is 0 Å². The lowest BCUT2D eigenvalue weighted by atomic mass is 9.35. The van der Waals surface area contributed by atoms with Crippen LogP contribution in [0.15, 0.2) is 12.2 Å². The number of hydrogen-bond acceptors (Lipinski definition) is 4. The molecule has 0 bridgehead atoms. The van der Waals surface area contributed by atoms with Crippen LogP contribution in [-0.4, -0.2) is 43.8 Å². The van der Waals surface area contributed by atoms with Gasteiger partial charge in [0.25, 0.3) is 0 Å². The molecule has 4 heteroatoms. The number of hydrogen-bond donors (Lipinski definition) is 4. The summed E-state index contributed by atoms with van der Waals surface area (Å²) in [7, 11) is 0. The monoisotopic (exact) mass is 476 g/mol. The molecule has 4 rings (SSSR count). The van der Waals surface area contributed by atoms with Crippen molar-refractivity contribution < 1.29 is 20.4 Å². The summed E-state index contributed by atoms with van der Waals surface area (Å²) < 4.78 is 0. The molecule has 4 aliphatic rings. The van der Waals surface area contributed by atoms with Gasteiger partial charge in [0.05, 0.1) is 23.4 Å². The molecule has 0 aromatic rings. The van der Waals surface area contributed by atoms with Crippen molar-refractivity contribution in [1.29, 1.82) is 0 Å². The summed E-state index contributed by atoms with van der Waals surface area (Å²) in [6.45, 7) is 17.3. The van der Waals surface area contributed by atoms with Crippen LogP contribution in [0.1, 0.15) is 107 Å². The largest absolute Gasteiger partial charge is 0.393 e. The Morgan fingerprint density at radius 2 is 1.44 bits per heavy atom. The maximum Gasteiger partial charge on any atom is 0.0771 e. The van der Waals surface area contributed by atoms with Crippen LogP contribution in [0.5, 0.6) is 0 Å². The Bertz CT molecular complexity index is 809. The van der Waals surface area contributed by atoms with Crippen molar-refractivity contribution in [3.8, 4) is 0 Å². The van der Waals surface area contributed by atoms with Gasteiger partial charge < -0.3 is 20.4 Å². The molecule has 34 heavy (non-hydrogen) atoms. The second-order valence-electron chi connectivity index (χ2n) is 15.0. The third-order valence-electron chi connectivity index (χ3n) is 12.2. The highest BCUT2D eigenvalue weighted by atomic mass is 16.3. The molecule has 0 aromatic heterocycles. The fourth-order valence-corrected chi connectivity index (χ4v) is 10.2. The molecule has 0 radical (unpaired) electrons. The minimum Gasteiger partial charge on any atom is -0.393 e. The van der Waals surface area contributed by atoms with Gasteiger partial charge in [-0.15, -0.1) is 0 Å². The number of fused-ring (bicyclic) bond motifs is 5. The Labute approximate surface area is 208 Å². The molecule has 0 aromatic carbocycles. The van der Waals surface area contributed by atoms with Crippen LogP contribution in [0.2, 0.25) is 0 Å². The molecule has 196 valence electrons. The third-order valence-corrected chi connectivity index (χ3v) is 12.2. The number of aliphatic hydroxyl groups is 4. The van der Waals surface area contributed by atoms with E-state index in [9.17, 15) is 20.4 Å². The molecule has 0 heterocycles. The minimum absolute atomic E-state index is 0.0157. The van der Waals surface area contributed by atoms with Gasteiger partial charge in [0, 0.05) is 0 Å². The summed E-state index contributed by atoms with van der Waals surface area (Å²) in [4.78, 5) is 0. The van der Waals surface area contributed by atoms with Gasteiger partial charge in [0.2, 0.25) is 0 Å². The fourth-order valence-electron chi connectivity index (χ4n) is 10.2. The molecule has 5 unspecified atom stereocenters. The van der Waals surface area contributed by atoms with Gasteiger partial charge in [-0.1, -0.05) is 46.8 Å². The van der Waals surface area contributed by atoms with Crippen molar-refractivity contribution in [3.63, 3.8) is 0 Å². The maximum absolute atomic E-state index is 11.8. The Hall–Kier alpha value is -0.420. The van der Waals surface area contributed by atoms with E-state index in [1.807, 2.05) is 13.0 Å². The van der Waals surface area contributed by atoms with Gasteiger partial charge in [-0.2, -0.15) is 0 Å². The van der Waals surface area contributed by atoms with E-state index in [2.05, 4.69) is 34.6 Å². The first kappa shape index (κ1) is 26.6. The quantitative estimate of drug-likeness (QED) is 0.406. The Morgan fingerprint density at radius 1 is 0.824 bits per heavy atom. The van der Waals surface area contributed by atoms with E-state index in [0.717, 1.165) is 44.9 Å². The van der Waals surface area contributed by atoms with E-state index >= 15 is 0 Å². The van der Waals surface area contributed by atoms with Gasteiger partial charge in [-0.05, 0) is 117 Å². The summed E-state index contributed by atoms with van der Waals surface area (Å²) in [6.07, 6.45) is 10.5. The first-order valence-corrected chi connectivity index (χ1v) is 13.9. The molecule has 4 fully saturated rings. The van der Waals surface area contributed by atoms with Crippen LogP contribution < -0.4 is 0 Å². The van der Waals surface area contributed by atoms with Crippen LogP contribution in [0.4, 0.5) is 0 Å². The topological polar surface area (TPSA) is 80.9 Å². The first-order valence-electron chi connectivity index (χ1n) is 13.9. The molecule has 0 aliphatic heterocycles. The molecule has 0 amide bonds. The lowest BCUT2D eigenvalue weighted by Gasteiger charge is -2.70. The Balaban J connectivity index is 1.66. The summed E-state index contributed by atoms with van der Waals surface area (Å²) in [5, 5.41) is 44.3. The summed E-state index contributed by atoms with van der Waals surface area (Å²) in [5.41, 5.74) is -1.66. The van der Waals surface area contributed by atoms with Crippen LogP contribution in [-0.2, 0) is 0 Å². The van der Waals surface area contributed by atoms with E-state index in [1.54, 1.807) is 19.9 Å². The van der Waals surface area contributed by atoms with Gasteiger partial charge in [0.1, 0.15) is 0 Å². The van der Waals surface area contributed by atoms with Gasteiger partial charge >= 0.3 is 0 Å². The number of aliphatic hydroxyl groups excluding tert-OH is 2. The lowest BCUT2D eigenvalue weighted by molar-refractivity contribution is -0.246. The zero-order valence-electron chi connectivity index (χ0n) is 23.1. The third kappa shape index (κ3) is 3.76. The molecule has 4 aliphatic carbocycles. The predicted molar refractivity (Wildman–Crippen MR) is 137 cm³/mol. The highest BCUT2D eigenvalue weighted by molar-refractivity contribution is 5.20. The highest BCUT2D eigenvalue weighted by Crippen LogP contribution is 2.75. The summed E-state index contributed by atoms with van der Waals surface area (Å²) in [6, 6.07) is 0. The second-order valence-corrected chi connectivity index (χ2v) is 15.0. The van der Waals surface area contributed by atoms with E-state index in [4.69, 9.17) is 0 Å². The molecule has 10 atom stereocenters. The van der Waals surface area contributed by atoms with Crippen molar-refractivity contribution in [3.05, 3.63) is 12.2 Å². The van der Waals surface area contributed by atoms with Crippen LogP contribution in [0.25, 0.3) is 0 Å². The number of rotatable bonds is 4. The van der Waals surface area contributed by atoms with Gasteiger partial charge in [-0.25, -0.2) is 0 Å². The Kier molecular flexibility index (Phi) is 6.30. The molecular formula is C30H52O4. The molecule has 0 saturated heterocycles. The van der Waals surface area contributed by atoms with Gasteiger partial charge in [0.15, 0.2) is 0 Å². The smallest absolute Gasteiger partial charge is 0.0771 e. The van der Waals surface area contributed by atoms with Crippen molar-refractivity contribution in [2.45, 2.75) is 130 Å². The van der Waals surface area contributed by atoms with Crippen LogP contribution in [0.3, 0.4) is 0 Å².